The Morgan fingerprint density at radius 3 is 2.51 bits per heavy atom. The number of methoxy groups -OCH3 is 1. The smallest absolute Gasteiger partial charge is 0.400 e. The Bertz CT molecular complexity index is 1480. The zero-order valence-electron chi connectivity index (χ0n) is 23.9. The highest BCUT2D eigenvalue weighted by molar-refractivity contribution is 6.08. The number of nitrogens with one attached hydrogen (secondary N) is 2. The Hall–Kier alpha value is -3.31. The monoisotopic (exact) mass is 574 g/mol. The zero-order chi connectivity index (χ0) is 29.5. The Morgan fingerprint density at radius 2 is 1.90 bits per heavy atom. The van der Waals surface area contributed by atoms with Crippen molar-refractivity contribution in [3.63, 3.8) is 0 Å². The third-order valence-electron chi connectivity index (χ3n) is 8.86. The number of aromatic nitrogens is 2. The first-order valence-electron chi connectivity index (χ1n) is 14.0. The third-order valence-corrected chi connectivity index (χ3v) is 8.86. The fourth-order valence-corrected chi connectivity index (χ4v) is 6.42. The van der Waals surface area contributed by atoms with Crippen LogP contribution in [0.5, 0.6) is 5.75 Å². The highest BCUT2D eigenvalue weighted by Gasteiger charge is 2.60. The van der Waals surface area contributed by atoms with Crippen molar-refractivity contribution in [1.29, 1.82) is 0 Å². The molecule has 2 fully saturated rings. The number of hydrogen-bond acceptors (Lipinski definition) is 5. The average molecular weight is 575 g/mol. The molecular formula is C30H37F3N4O4. The van der Waals surface area contributed by atoms with Crippen molar-refractivity contribution in [3.8, 4) is 5.75 Å². The molecule has 0 bridgehead atoms. The third kappa shape index (κ3) is 5.37. The van der Waals surface area contributed by atoms with Crippen molar-refractivity contribution in [3.05, 3.63) is 63.2 Å². The molecule has 1 amide bonds. The molecule has 0 spiro atoms. The second-order valence-electron chi connectivity index (χ2n) is 11.5. The molecule has 0 saturated carbocycles. The van der Waals surface area contributed by atoms with Crippen molar-refractivity contribution < 1.29 is 27.4 Å². The minimum absolute atomic E-state index is 0.00897. The molecule has 2 saturated heterocycles. The maximum Gasteiger partial charge on any atom is 0.400 e. The first-order valence-corrected chi connectivity index (χ1v) is 14.0. The van der Waals surface area contributed by atoms with E-state index in [2.05, 4.69) is 21.8 Å². The lowest BCUT2D eigenvalue weighted by molar-refractivity contribution is -0.307. The van der Waals surface area contributed by atoms with Crippen LogP contribution in [-0.4, -0.2) is 66.5 Å². The number of amides is 1. The second kappa shape index (κ2) is 11.2. The van der Waals surface area contributed by atoms with E-state index in [4.69, 9.17) is 9.47 Å². The number of rotatable bonds is 8. The summed E-state index contributed by atoms with van der Waals surface area (Å²) in [6.45, 7) is 6.43. The van der Waals surface area contributed by atoms with Crippen molar-refractivity contribution in [2.24, 2.45) is 11.3 Å². The van der Waals surface area contributed by atoms with Gasteiger partial charge in [0, 0.05) is 34.9 Å². The van der Waals surface area contributed by atoms with Crippen LogP contribution in [0, 0.1) is 25.2 Å². The number of aryl methyl sites for hydroxylation is 1. The molecule has 0 radical (unpaired) electrons. The molecule has 4 heterocycles. The molecule has 1 atom stereocenters. The average Bonchev–Trinajstić information content (AvgIpc) is 3.20. The van der Waals surface area contributed by atoms with E-state index in [0.717, 1.165) is 29.4 Å². The van der Waals surface area contributed by atoms with Gasteiger partial charge in [0.05, 0.1) is 38.0 Å². The molecule has 2 N–H and O–H groups in total. The quantitative estimate of drug-likeness (QED) is 0.406. The van der Waals surface area contributed by atoms with Crippen LogP contribution in [0.25, 0.3) is 10.9 Å². The Kier molecular flexibility index (Phi) is 7.95. The summed E-state index contributed by atoms with van der Waals surface area (Å²) in [6.07, 6.45) is -2.75. The largest absolute Gasteiger partial charge is 0.496 e. The summed E-state index contributed by atoms with van der Waals surface area (Å²) in [5.41, 5.74) is 1.22. The number of pyridine rings is 1. The van der Waals surface area contributed by atoms with Crippen molar-refractivity contribution >= 4 is 16.8 Å². The minimum Gasteiger partial charge on any atom is -0.496 e. The van der Waals surface area contributed by atoms with Gasteiger partial charge in [-0.15, -0.1) is 0 Å². The summed E-state index contributed by atoms with van der Waals surface area (Å²) >= 11 is 0. The lowest BCUT2D eigenvalue weighted by atomic mass is 9.82. The number of para-hydroxylation sites is 1. The number of likely N-dealkylation sites (tertiary alicyclic amines) is 1. The number of carbonyl (C=O) groups excluding carboxylic acids is 1. The number of fused-ring (bicyclic) bond motifs is 1. The lowest BCUT2D eigenvalue weighted by Crippen LogP contribution is -2.60. The van der Waals surface area contributed by atoms with Gasteiger partial charge in [-0.25, -0.2) is 0 Å². The molecule has 2 aliphatic heterocycles. The Morgan fingerprint density at radius 1 is 1.22 bits per heavy atom. The number of ether oxygens (including phenoxy) is 2. The van der Waals surface area contributed by atoms with Gasteiger partial charge in [0.25, 0.3) is 11.5 Å². The van der Waals surface area contributed by atoms with Gasteiger partial charge in [0.2, 0.25) is 0 Å². The molecule has 2 aliphatic rings. The van der Waals surface area contributed by atoms with Gasteiger partial charge in [0.1, 0.15) is 11.2 Å². The van der Waals surface area contributed by atoms with Crippen LogP contribution in [0.3, 0.4) is 0 Å². The van der Waals surface area contributed by atoms with Crippen LogP contribution in [0.1, 0.15) is 53.1 Å². The van der Waals surface area contributed by atoms with Crippen molar-refractivity contribution in [2.45, 2.75) is 52.4 Å². The van der Waals surface area contributed by atoms with E-state index in [9.17, 15) is 22.8 Å². The second-order valence-corrected chi connectivity index (χ2v) is 11.5. The van der Waals surface area contributed by atoms with E-state index in [1.54, 1.807) is 13.0 Å². The van der Waals surface area contributed by atoms with Gasteiger partial charge in [-0.1, -0.05) is 18.2 Å². The number of H-pyrrole nitrogens is 1. The number of nitrogens with zero attached hydrogens (tertiary/aromatic N) is 2. The van der Waals surface area contributed by atoms with Gasteiger partial charge in [-0.2, -0.15) is 13.2 Å². The van der Waals surface area contributed by atoms with Crippen LogP contribution < -0.4 is 15.6 Å². The van der Waals surface area contributed by atoms with Crippen LogP contribution in [-0.2, 0) is 11.3 Å². The van der Waals surface area contributed by atoms with Crippen molar-refractivity contribution in [1.82, 2.24) is 19.8 Å². The maximum atomic E-state index is 13.7. The molecule has 2 aromatic heterocycles. The van der Waals surface area contributed by atoms with Gasteiger partial charge >= 0.3 is 6.18 Å². The fourth-order valence-electron chi connectivity index (χ4n) is 6.42. The van der Waals surface area contributed by atoms with E-state index in [1.807, 2.05) is 36.1 Å². The van der Waals surface area contributed by atoms with Crippen LogP contribution >= 0.6 is 0 Å². The molecule has 3 aromatic rings. The molecule has 1 unspecified atom stereocenters. The number of hydrogen-bond donors (Lipinski definition) is 2. The fraction of sp³-hybridized carbons (Fsp3) is 0.533. The standard InChI is InChI=1S/C30H37F3N4O4/c1-18-13-25(40-4)23(27(38)35-18)14-34-28(39)26-20(3)37(24-8-6-5-7-22(24)26)19(2)21-9-11-36(12-10-21)15-29(16-41-17-29)30(31,32)33/h5-8,13,19,21H,9-12,14-17H2,1-4H3,(H,34,39)(H,35,38). The SMILES string of the molecule is COc1cc(C)[nH]c(=O)c1CNC(=O)c1c(C)n(C(C)C2CCN(CC3(C(F)(F)F)COC3)CC2)c2ccccc12. The van der Waals surface area contributed by atoms with Crippen LogP contribution in [0.15, 0.2) is 35.1 Å². The maximum absolute atomic E-state index is 13.7. The number of benzene rings is 1. The normalized spacial score (nSPS) is 18.7. The molecule has 8 nitrogen and oxygen atoms in total. The highest BCUT2D eigenvalue weighted by Crippen LogP contribution is 2.45. The Labute approximate surface area is 236 Å². The first-order chi connectivity index (χ1) is 19.5. The molecule has 11 heteroatoms. The number of piperidine rings is 1. The van der Waals surface area contributed by atoms with Gasteiger partial charge in [0.15, 0.2) is 0 Å². The molecular weight excluding hydrogens is 537 g/mol. The molecule has 5 rings (SSSR count). The molecule has 1 aromatic carbocycles. The Balaban J connectivity index is 1.33. The predicted molar refractivity (Wildman–Crippen MR) is 149 cm³/mol. The number of halogens is 3. The molecule has 222 valence electrons. The summed E-state index contributed by atoms with van der Waals surface area (Å²) in [4.78, 5) is 30.7. The lowest BCUT2D eigenvalue weighted by Gasteiger charge is -2.47. The van der Waals surface area contributed by atoms with E-state index in [0.29, 0.717) is 35.7 Å². The van der Waals surface area contributed by atoms with Crippen LogP contribution in [0.4, 0.5) is 13.2 Å². The highest BCUT2D eigenvalue weighted by atomic mass is 19.4. The summed E-state index contributed by atoms with van der Waals surface area (Å²) in [5.74, 6) is 0.366. The van der Waals surface area contributed by atoms with Crippen molar-refractivity contribution in [2.75, 3.05) is 40.0 Å². The number of carbonyl (C=O) groups is 1. The zero-order valence-corrected chi connectivity index (χ0v) is 23.9. The number of alkyl halides is 3. The van der Waals surface area contributed by atoms with E-state index >= 15 is 0 Å². The van der Waals surface area contributed by atoms with Gasteiger partial charge in [-0.05, 0) is 64.8 Å². The summed E-state index contributed by atoms with van der Waals surface area (Å²) < 4.78 is 53.5. The topological polar surface area (TPSA) is 88.6 Å². The van der Waals surface area contributed by atoms with E-state index in [-0.39, 0.29) is 49.7 Å². The van der Waals surface area contributed by atoms with E-state index in [1.165, 1.54) is 7.11 Å². The predicted octanol–water partition coefficient (Wildman–Crippen LogP) is 4.74. The number of aromatic amines is 1. The van der Waals surface area contributed by atoms with Crippen LogP contribution in [0.2, 0.25) is 0 Å². The first kappa shape index (κ1) is 29.2. The summed E-state index contributed by atoms with van der Waals surface area (Å²) in [5, 5.41) is 3.72. The molecule has 0 aliphatic carbocycles. The summed E-state index contributed by atoms with van der Waals surface area (Å²) in [6, 6.07) is 9.48. The van der Waals surface area contributed by atoms with Gasteiger partial charge < -0.3 is 29.2 Å². The minimum atomic E-state index is -4.27. The van der Waals surface area contributed by atoms with Gasteiger partial charge in [-0.3, -0.25) is 9.59 Å². The van der Waals surface area contributed by atoms with E-state index < -0.39 is 11.6 Å². The molecule has 41 heavy (non-hydrogen) atoms. The summed E-state index contributed by atoms with van der Waals surface area (Å²) in [7, 11) is 1.49.